The molecule has 96 valence electrons. The molecule has 3 nitrogen and oxygen atoms in total. The Morgan fingerprint density at radius 3 is 3.00 bits per heavy atom. The molecule has 2 rings (SSSR count). The number of thioether (sulfide) groups is 1. The van der Waals surface area contributed by atoms with Crippen molar-refractivity contribution in [2.45, 2.75) is 17.4 Å². The molecule has 5 heteroatoms. The standard InChI is InChI=1S/C13H15FN2OS/c1-16-6-5-15-13(16)8-11(17)9-18-12-4-2-3-10(14)7-12/h2-7,11,17H,8-9H2,1H3. The summed E-state index contributed by atoms with van der Waals surface area (Å²) in [6.07, 6.45) is 3.58. The first-order chi connectivity index (χ1) is 8.65. The lowest BCUT2D eigenvalue weighted by Crippen LogP contribution is -2.16. The smallest absolute Gasteiger partial charge is 0.124 e. The van der Waals surface area contributed by atoms with Gasteiger partial charge >= 0.3 is 0 Å². The molecule has 18 heavy (non-hydrogen) atoms. The third kappa shape index (κ3) is 3.58. The average molecular weight is 266 g/mol. The van der Waals surface area contributed by atoms with E-state index < -0.39 is 6.10 Å². The lowest BCUT2D eigenvalue weighted by atomic mass is 10.3. The second-order valence-electron chi connectivity index (χ2n) is 4.08. The topological polar surface area (TPSA) is 38.0 Å². The molecule has 1 atom stereocenters. The van der Waals surface area contributed by atoms with Gasteiger partial charge in [0.15, 0.2) is 0 Å². The van der Waals surface area contributed by atoms with Gasteiger partial charge in [0.2, 0.25) is 0 Å². The second kappa shape index (κ2) is 6.02. The Bertz CT molecular complexity index is 515. The maximum atomic E-state index is 13.0. The summed E-state index contributed by atoms with van der Waals surface area (Å²) in [5.41, 5.74) is 0. The van der Waals surface area contributed by atoms with Crippen LogP contribution in [0, 0.1) is 5.82 Å². The number of aromatic nitrogens is 2. The molecule has 1 aromatic carbocycles. The van der Waals surface area contributed by atoms with E-state index >= 15 is 0 Å². The molecule has 0 radical (unpaired) electrons. The van der Waals surface area contributed by atoms with Crippen LogP contribution in [0.3, 0.4) is 0 Å². The van der Waals surface area contributed by atoms with Gasteiger partial charge in [0.25, 0.3) is 0 Å². The predicted molar refractivity (Wildman–Crippen MR) is 70.0 cm³/mol. The first kappa shape index (κ1) is 13.1. The van der Waals surface area contributed by atoms with E-state index in [1.165, 1.54) is 23.9 Å². The van der Waals surface area contributed by atoms with Gasteiger partial charge in [-0.1, -0.05) is 6.07 Å². The Morgan fingerprint density at radius 1 is 1.50 bits per heavy atom. The van der Waals surface area contributed by atoms with Crippen LogP contribution in [-0.4, -0.2) is 26.5 Å². The quantitative estimate of drug-likeness (QED) is 0.844. The number of rotatable bonds is 5. The number of nitrogens with zero attached hydrogens (tertiary/aromatic N) is 2. The van der Waals surface area contributed by atoms with Crippen LogP contribution in [0.4, 0.5) is 4.39 Å². The molecule has 2 aromatic rings. The van der Waals surface area contributed by atoms with Crippen LogP contribution in [0.25, 0.3) is 0 Å². The van der Waals surface area contributed by atoms with E-state index in [0.717, 1.165) is 10.7 Å². The molecule has 0 spiro atoms. The van der Waals surface area contributed by atoms with Crippen LogP contribution in [0.15, 0.2) is 41.6 Å². The van der Waals surface area contributed by atoms with Crippen molar-refractivity contribution in [3.05, 3.63) is 48.3 Å². The highest BCUT2D eigenvalue weighted by molar-refractivity contribution is 7.99. The van der Waals surface area contributed by atoms with E-state index in [1.54, 1.807) is 12.3 Å². The zero-order valence-corrected chi connectivity index (χ0v) is 10.9. The molecule has 0 bridgehead atoms. The summed E-state index contributed by atoms with van der Waals surface area (Å²) in [4.78, 5) is 4.99. The van der Waals surface area contributed by atoms with Gasteiger partial charge in [-0.05, 0) is 18.2 Å². The molecule has 1 aromatic heterocycles. The molecular formula is C13H15FN2OS. The molecule has 0 aliphatic carbocycles. The molecular weight excluding hydrogens is 251 g/mol. The number of aryl methyl sites for hydroxylation is 1. The molecule has 0 saturated heterocycles. The molecule has 0 aliphatic heterocycles. The fourth-order valence-corrected chi connectivity index (χ4v) is 2.49. The minimum Gasteiger partial charge on any atom is -0.392 e. The monoisotopic (exact) mass is 266 g/mol. The van der Waals surface area contributed by atoms with Gasteiger partial charge in [0.1, 0.15) is 11.6 Å². The zero-order chi connectivity index (χ0) is 13.0. The SMILES string of the molecule is Cn1ccnc1CC(O)CSc1cccc(F)c1. The van der Waals surface area contributed by atoms with Crippen molar-refractivity contribution in [2.75, 3.05) is 5.75 Å². The Balaban J connectivity index is 1.85. The van der Waals surface area contributed by atoms with Gasteiger partial charge in [-0.2, -0.15) is 0 Å². The van der Waals surface area contributed by atoms with Crippen molar-refractivity contribution in [3.63, 3.8) is 0 Å². The number of aliphatic hydroxyl groups is 1. The number of halogens is 1. The lowest BCUT2D eigenvalue weighted by Gasteiger charge is -2.10. The average Bonchev–Trinajstić information content (AvgIpc) is 2.73. The first-order valence-corrected chi connectivity index (χ1v) is 6.66. The van der Waals surface area contributed by atoms with Gasteiger partial charge < -0.3 is 9.67 Å². The van der Waals surface area contributed by atoms with E-state index in [-0.39, 0.29) is 5.82 Å². The van der Waals surface area contributed by atoms with E-state index in [9.17, 15) is 9.50 Å². The first-order valence-electron chi connectivity index (χ1n) is 5.68. The number of hydrogen-bond donors (Lipinski definition) is 1. The number of benzene rings is 1. The summed E-state index contributed by atoms with van der Waals surface area (Å²) in [7, 11) is 1.90. The van der Waals surface area contributed by atoms with Gasteiger partial charge in [-0.25, -0.2) is 9.37 Å². The maximum Gasteiger partial charge on any atom is 0.124 e. The third-order valence-corrected chi connectivity index (χ3v) is 3.72. The summed E-state index contributed by atoms with van der Waals surface area (Å²) in [5, 5.41) is 9.91. The van der Waals surface area contributed by atoms with Crippen LogP contribution >= 0.6 is 11.8 Å². The fraction of sp³-hybridized carbons (Fsp3) is 0.308. The highest BCUT2D eigenvalue weighted by Gasteiger charge is 2.09. The molecule has 1 N–H and O–H groups in total. The number of imidazole rings is 1. The Morgan fingerprint density at radius 2 is 2.33 bits per heavy atom. The van der Waals surface area contributed by atoms with Crippen molar-refractivity contribution in [3.8, 4) is 0 Å². The fourth-order valence-electron chi connectivity index (χ4n) is 1.61. The molecule has 0 fully saturated rings. The van der Waals surface area contributed by atoms with Crippen molar-refractivity contribution in [2.24, 2.45) is 7.05 Å². The Hall–Kier alpha value is -1.33. The predicted octanol–water partition coefficient (Wildman–Crippen LogP) is 2.25. The minimum atomic E-state index is -0.487. The lowest BCUT2D eigenvalue weighted by molar-refractivity contribution is 0.196. The number of hydrogen-bond acceptors (Lipinski definition) is 3. The molecule has 0 aliphatic rings. The summed E-state index contributed by atoms with van der Waals surface area (Å²) in [6.45, 7) is 0. The van der Waals surface area contributed by atoms with Crippen LogP contribution in [0.5, 0.6) is 0 Å². The normalized spacial score (nSPS) is 12.6. The van der Waals surface area contributed by atoms with Crippen LogP contribution in [0.1, 0.15) is 5.82 Å². The van der Waals surface area contributed by atoms with E-state index in [1.807, 2.05) is 23.9 Å². The maximum absolute atomic E-state index is 13.0. The van der Waals surface area contributed by atoms with Crippen LogP contribution in [0.2, 0.25) is 0 Å². The van der Waals surface area contributed by atoms with Crippen molar-refractivity contribution < 1.29 is 9.50 Å². The molecule has 0 saturated carbocycles. The van der Waals surface area contributed by atoms with Gasteiger partial charge in [-0.3, -0.25) is 0 Å². The molecule has 1 unspecified atom stereocenters. The molecule has 0 amide bonds. The highest BCUT2D eigenvalue weighted by atomic mass is 32.2. The van der Waals surface area contributed by atoms with Crippen molar-refractivity contribution >= 4 is 11.8 Å². The Kier molecular flexibility index (Phi) is 4.38. The van der Waals surface area contributed by atoms with E-state index in [0.29, 0.717) is 12.2 Å². The van der Waals surface area contributed by atoms with Gasteiger partial charge in [-0.15, -0.1) is 11.8 Å². The largest absolute Gasteiger partial charge is 0.392 e. The van der Waals surface area contributed by atoms with Gasteiger partial charge in [0.05, 0.1) is 6.10 Å². The zero-order valence-electron chi connectivity index (χ0n) is 10.1. The summed E-state index contributed by atoms with van der Waals surface area (Å²) in [5.74, 6) is 1.12. The van der Waals surface area contributed by atoms with E-state index in [2.05, 4.69) is 4.98 Å². The Labute approximate surface area is 110 Å². The van der Waals surface area contributed by atoms with Gasteiger partial charge in [0, 0.05) is 36.5 Å². The highest BCUT2D eigenvalue weighted by Crippen LogP contribution is 2.20. The summed E-state index contributed by atoms with van der Waals surface area (Å²) >= 11 is 1.44. The second-order valence-corrected chi connectivity index (χ2v) is 5.17. The van der Waals surface area contributed by atoms with Crippen molar-refractivity contribution in [1.82, 2.24) is 9.55 Å². The summed E-state index contributed by atoms with van der Waals surface area (Å²) < 4.78 is 14.8. The van der Waals surface area contributed by atoms with E-state index in [4.69, 9.17) is 0 Å². The van der Waals surface area contributed by atoms with Crippen molar-refractivity contribution in [1.29, 1.82) is 0 Å². The van der Waals surface area contributed by atoms with Crippen LogP contribution in [-0.2, 0) is 13.5 Å². The summed E-state index contributed by atoms with van der Waals surface area (Å²) in [6, 6.07) is 6.39. The molecule has 1 heterocycles. The van der Waals surface area contributed by atoms with Crippen LogP contribution < -0.4 is 0 Å². The third-order valence-electron chi connectivity index (χ3n) is 2.58. The minimum absolute atomic E-state index is 0.251. The number of aliphatic hydroxyl groups excluding tert-OH is 1.